The number of methoxy groups -OCH3 is 2. The molecule has 0 aliphatic heterocycles. The molecule has 0 saturated carbocycles. The minimum atomic E-state index is 0.279. The molecule has 0 spiro atoms. The molecule has 18 heavy (non-hydrogen) atoms. The largest absolute Gasteiger partial charge is 0.496 e. The predicted octanol–water partition coefficient (Wildman–Crippen LogP) is 2.52. The molecule has 2 aromatic rings. The van der Waals surface area contributed by atoms with Crippen LogP contribution in [0.1, 0.15) is 5.56 Å². The zero-order valence-electron chi connectivity index (χ0n) is 10.3. The Morgan fingerprint density at radius 2 is 1.83 bits per heavy atom. The molecular formula is C12H12ClN3O2. The third kappa shape index (κ3) is 2.36. The van der Waals surface area contributed by atoms with Crippen LogP contribution in [-0.4, -0.2) is 29.4 Å². The van der Waals surface area contributed by atoms with Gasteiger partial charge in [-0.25, -0.2) is 4.98 Å². The van der Waals surface area contributed by atoms with Gasteiger partial charge in [-0.3, -0.25) is 0 Å². The second-order valence-corrected chi connectivity index (χ2v) is 4.01. The lowest BCUT2D eigenvalue weighted by Gasteiger charge is -2.11. The van der Waals surface area contributed by atoms with Crippen LogP contribution in [0.4, 0.5) is 0 Å². The summed E-state index contributed by atoms with van der Waals surface area (Å²) in [5.74, 6) is 1.78. The number of ether oxygens (including phenoxy) is 2. The van der Waals surface area contributed by atoms with Gasteiger partial charge in [0.1, 0.15) is 11.5 Å². The number of hydrogen-bond donors (Lipinski definition) is 0. The van der Waals surface area contributed by atoms with Crippen molar-refractivity contribution in [2.24, 2.45) is 0 Å². The number of aryl methyl sites for hydroxylation is 1. The van der Waals surface area contributed by atoms with Gasteiger partial charge >= 0.3 is 0 Å². The first kappa shape index (κ1) is 12.6. The number of benzene rings is 1. The summed E-state index contributed by atoms with van der Waals surface area (Å²) < 4.78 is 10.6. The van der Waals surface area contributed by atoms with Gasteiger partial charge in [0.15, 0.2) is 11.0 Å². The number of hydrogen-bond acceptors (Lipinski definition) is 5. The second kappa shape index (κ2) is 5.18. The number of nitrogens with zero attached hydrogens (tertiary/aromatic N) is 3. The highest BCUT2D eigenvalue weighted by Gasteiger charge is 2.13. The van der Waals surface area contributed by atoms with Crippen molar-refractivity contribution in [2.45, 2.75) is 6.92 Å². The zero-order valence-corrected chi connectivity index (χ0v) is 11.0. The normalized spacial score (nSPS) is 10.2. The lowest BCUT2D eigenvalue weighted by molar-refractivity contribution is 0.401. The molecule has 0 unspecified atom stereocenters. The monoisotopic (exact) mass is 265 g/mol. The fraction of sp³-hybridized carbons (Fsp3) is 0.250. The van der Waals surface area contributed by atoms with Crippen LogP contribution in [0.2, 0.25) is 5.15 Å². The molecule has 0 aliphatic carbocycles. The Labute approximate surface area is 110 Å². The summed E-state index contributed by atoms with van der Waals surface area (Å²) in [6, 6.07) is 3.67. The van der Waals surface area contributed by atoms with Crippen molar-refractivity contribution in [3.63, 3.8) is 0 Å². The molecule has 94 valence electrons. The van der Waals surface area contributed by atoms with Gasteiger partial charge in [-0.1, -0.05) is 11.6 Å². The van der Waals surface area contributed by atoms with E-state index in [4.69, 9.17) is 21.1 Å². The molecule has 1 aromatic heterocycles. The lowest BCUT2D eigenvalue weighted by Crippen LogP contribution is -1.97. The molecule has 5 nitrogen and oxygen atoms in total. The molecule has 6 heteroatoms. The van der Waals surface area contributed by atoms with Crippen molar-refractivity contribution in [1.82, 2.24) is 15.2 Å². The van der Waals surface area contributed by atoms with Crippen molar-refractivity contribution in [2.75, 3.05) is 14.2 Å². The summed E-state index contributed by atoms with van der Waals surface area (Å²) in [6.45, 7) is 1.93. The van der Waals surface area contributed by atoms with Gasteiger partial charge in [0.25, 0.3) is 0 Å². The molecule has 0 bridgehead atoms. The number of halogens is 1. The van der Waals surface area contributed by atoms with E-state index >= 15 is 0 Å². The van der Waals surface area contributed by atoms with Crippen LogP contribution in [0, 0.1) is 6.92 Å². The van der Waals surface area contributed by atoms with E-state index in [-0.39, 0.29) is 5.15 Å². The van der Waals surface area contributed by atoms with Crippen LogP contribution in [0.15, 0.2) is 18.3 Å². The smallest absolute Gasteiger partial charge is 0.187 e. The number of aromatic nitrogens is 3. The average Bonchev–Trinajstić information content (AvgIpc) is 2.38. The van der Waals surface area contributed by atoms with Crippen molar-refractivity contribution in [3.8, 4) is 22.9 Å². The Bertz CT molecular complexity index is 575. The van der Waals surface area contributed by atoms with E-state index in [0.29, 0.717) is 17.1 Å². The highest BCUT2D eigenvalue weighted by atomic mass is 35.5. The van der Waals surface area contributed by atoms with Crippen molar-refractivity contribution >= 4 is 11.6 Å². The van der Waals surface area contributed by atoms with Crippen molar-refractivity contribution < 1.29 is 9.47 Å². The van der Waals surface area contributed by atoms with Gasteiger partial charge in [0.2, 0.25) is 0 Å². The molecule has 0 atom stereocenters. The summed E-state index contributed by atoms with van der Waals surface area (Å²) in [6.07, 6.45) is 1.38. The average molecular weight is 266 g/mol. The van der Waals surface area contributed by atoms with E-state index in [9.17, 15) is 0 Å². The first-order chi connectivity index (χ1) is 8.65. The summed E-state index contributed by atoms with van der Waals surface area (Å²) in [5.41, 5.74) is 1.66. The van der Waals surface area contributed by atoms with Crippen LogP contribution < -0.4 is 9.47 Å². The summed E-state index contributed by atoms with van der Waals surface area (Å²) in [4.78, 5) is 4.11. The highest BCUT2D eigenvalue weighted by molar-refractivity contribution is 6.29. The van der Waals surface area contributed by atoms with E-state index in [1.807, 2.05) is 19.1 Å². The summed E-state index contributed by atoms with van der Waals surface area (Å²) in [7, 11) is 3.19. The minimum Gasteiger partial charge on any atom is -0.496 e. The molecule has 0 radical (unpaired) electrons. The third-order valence-electron chi connectivity index (χ3n) is 2.49. The number of rotatable bonds is 3. The Kier molecular flexibility index (Phi) is 3.62. The van der Waals surface area contributed by atoms with Crippen LogP contribution in [0.3, 0.4) is 0 Å². The third-order valence-corrected chi connectivity index (χ3v) is 2.67. The Morgan fingerprint density at radius 3 is 2.44 bits per heavy atom. The van der Waals surface area contributed by atoms with Gasteiger partial charge in [0.05, 0.1) is 26.0 Å². The van der Waals surface area contributed by atoms with Crippen molar-refractivity contribution in [3.05, 3.63) is 29.0 Å². The van der Waals surface area contributed by atoms with Gasteiger partial charge < -0.3 is 9.47 Å². The molecule has 1 aromatic carbocycles. The van der Waals surface area contributed by atoms with Gasteiger partial charge in [0, 0.05) is 0 Å². The quantitative estimate of drug-likeness (QED) is 0.853. The van der Waals surface area contributed by atoms with E-state index in [1.165, 1.54) is 6.20 Å². The first-order valence-electron chi connectivity index (χ1n) is 5.24. The van der Waals surface area contributed by atoms with Crippen LogP contribution in [0.5, 0.6) is 11.5 Å². The van der Waals surface area contributed by atoms with Gasteiger partial charge in [-0.2, -0.15) is 5.10 Å². The molecule has 1 heterocycles. The van der Waals surface area contributed by atoms with Crippen molar-refractivity contribution in [1.29, 1.82) is 0 Å². The summed E-state index contributed by atoms with van der Waals surface area (Å²) in [5, 5.41) is 7.99. The molecule has 0 N–H and O–H groups in total. The van der Waals surface area contributed by atoms with E-state index in [2.05, 4.69) is 15.2 Å². The fourth-order valence-corrected chi connectivity index (χ4v) is 1.75. The molecular weight excluding hydrogens is 254 g/mol. The zero-order chi connectivity index (χ0) is 13.1. The SMILES string of the molecule is COc1cc(-c2nncc(Cl)n2)c(OC)cc1C. The maximum absolute atomic E-state index is 5.81. The minimum absolute atomic E-state index is 0.279. The van der Waals surface area contributed by atoms with Crippen LogP contribution >= 0.6 is 11.6 Å². The fourth-order valence-electron chi connectivity index (χ4n) is 1.62. The lowest BCUT2D eigenvalue weighted by atomic mass is 10.1. The van der Waals surface area contributed by atoms with Gasteiger partial charge in [-0.05, 0) is 24.6 Å². The molecule has 0 aliphatic rings. The molecule has 2 rings (SSSR count). The first-order valence-corrected chi connectivity index (χ1v) is 5.61. The second-order valence-electron chi connectivity index (χ2n) is 3.62. The van der Waals surface area contributed by atoms with Gasteiger partial charge in [-0.15, -0.1) is 5.10 Å². The standard InChI is InChI=1S/C12H12ClN3O2/c1-7-4-10(18-3)8(5-9(7)17-2)12-15-11(13)6-14-16-12/h4-6H,1-3H3. The maximum Gasteiger partial charge on any atom is 0.187 e. The molecule has 0 fully saturated rings. The van der Waals surface area contributed by atoms with Crippen LogP contribution in [0.25, 0.3) is 11.4 Å². The molecule has 0 amide bonds. The highest BCUT2D eigenvalue weighted by Crippen LogP contribution is 2.34. The van der Waals surface area contributed by atoms with E-state index < -0.39 is 0 Å². The van der Waals surface area contributed by atoms with E-state index in [1.54, 1.807) is 14.2 Å². The maximum atomic E-state index is 5.81. The summed E-state index contributed by atoms with van der Waals surface area (Å²) >= 11 is 5.81. The van der Waals surface area contributed by atoms with Crippen LogP contribution in [-0.2, 0) is 0 Å². The Hall–Kier alpha value is -1.88. The molecule has 0 saturated heterocycles. The predicted molar refractivity (Wildman–Crippen MR) is 68.1 cm³/mol. The Balaban J connectivity index is 2.61. The topological polar surface area (TPSA) is 57.1 Å². The van der Waals surface area contributed by atoms with E-state index in [0.717, 1.165) is 11.3 Å². The Morgan fingerprint density at radius 1 is 1.11 bits per heavy atom.